The zero-order chi connectivity index (χ0) is 15.0. The van der Waals surface area contributed by atoms with E-state index in [-0.39, 0.29) is 11.0 Å². The molecule has 0 amide bonds. The maximum absolute atomic E-state index is 10.8. The Kier molecular flexibility index (Phi) is 3.60. The van der Waals surface area contributed by atoms with Gasteiger partial charge in [0.15, 0.2) is 0 Å². The molecule has 3 rings (SSSR count). The number of nitrogens with one attached hydrogen (secondary N) is 1. The molecular weight excluding hydrogens is 360 g/mol. The fourth-order valence-corrected chi connectivity index (χ4v) is 2.86. The lowest BCUT2D eigenvalue weighted by atomic mass is 10.1. The Labute approximate surface area is 132 Å². The van der Waals surface area contributed by atoms with Gasteiger partial charge in [0.25, 0.3) is 5.69 Å². The summed E-state index contributed by atoms with van der Waals surface area (Å²) in [4.78, 5) is 21.8. The van der Waals surface area contributed by atoms with Gasteiger partial charge in [-0.2, -0.15) is 4.98 Å². The molecule has 0 fully saturated rings. The molecule has 6 nitrogen and oxygen atoms in total. The van der Waals surface area contributed by atoms with Crippen molar-refractivity contribution in [3.8, 4) is 0 Å². The predicted octanol–water partition coefficient (Wildman–Crippen LogP) is 3.87. The molecule has 0 bridgehead atoms. The molecule has 3 aromatic rings. The quantitative estimate of drug-likeness (QED) is 0.432. The van der Waals surface area contributed by atoms with Crippen molar-refractivity contribution in [2.75, 3.05) is 0 Å². The highest BCUT2D eigenvalue weighted by Gasteiger charge is 2.13. The first-order chi connectivity index (χ1) is 10.0. The second-order valence-corrected chi connectivity index (χ2v) is 5.60. The van der Waals surface area contributed by atoms with Crippen LogP contribution in [0.2, 0.25) is 5.28 Å². The van der Waals surface area contributed by atoms with Gasteiger partial charge in [-0.1, -0.05) is 12.1 Å². The number of rotatable bonds is 3. The van der Waals surface area contributed by atoms with Gasteiger partial charge in [0.1, 0.15) is 5.65 Å². The first kappa shape index (κ1) is 14.0. The summed E-state index contributed by atoms with van der Waals surface area (Å²) in [5.74, 6) is 0. The predicted molar refractivity (Wildman–Crippen MR) is 82.5 cm³/mol. The lowest BCUT2D eigenvalue weighted by Gasteiger charge is -2.04. The molecule has 0 atom stereocenters. The number of hydrogen-bond donors (Lipinski definition) is 1. The highest BCUT2D eigenvalue weighted by atomic mass is 79.9. The lowest BCUT2D eigenvalue weighted by molar-refractivity contribution is -0.384. The summed E-state index contributed by atoms with van der Waals surface area (Å²) in [6.07, 6.45) is 2.18. The zero-order valence-electron chi connectivity index (χ0n) is 10.5. The number of aromatic amines is 1. The van der Waals surface area contributed by atoms with Gasteiger partial charge >= 0.3 is 0 Å². The van der Waals surface area contributed by atoms with Crippen LogP contribution in [-0.4, -0.2) is 19.9 Å². The minimum absolute atomic E-state index is 0.0528. The molecular formula is C13H8BrClN4O2. The van der Waals surface area contributed by atoms with Gasteiger partial charge < -0.3 is 4.98 Å². The number of halogens is 2. The topological polar surface area (TPSA) is 84.7 Å². The summed E-state index contributed by atoms with van der Waals surface area (Å²) in [5, 5.41) is 11.8. The Hall–Kier alpha value is -1.99. The van der Waals surface area contributed by atoms with E-state index in [9.17, 15) is 10.1 Å². The average molecular weight is 368 g/mol. The Morgan fingerprint density at radius 2 is 2.19 bits per heavy atom. The Bertz CT molecular complexity index is 849. The summed E-state index contributed by atoms with van der Waals surface area (Å²) in [5.41, 5.74) is 2.17. The van der Waals surface area contributed by atoms with Crippen LogP contribution >= 0.6 is 27.5 Å². The van der Waals surface area contributed by atoms with Crippen LogP contribution in [0.1, 0.15) is 11.3 Å². The van der Waals surface area contributed by atoms with Crippen LogP contribution in [0.15, 0.2) is 34.9 Å². The number of nitro groups is 1. The molecule has 2 aromatic heterocycles. The normalized spacial score (nSPS) is 11.0. The van der Waals surface area contributed by atoms with Crippen molar-refractivity contribution in [2.45, 2.75) is 6.42 Å². The molecule has 21 heavy (non-hydrogen) atoms. The van der Waals surface area contributed by atoms with Gasteiger partial charge in [0.2, 0.25) is 5.28 Å². The maximum atomic E-state index is 10.8. The van der Waals surface area contributed by atoms with Crippen molar-refractivity contribution in [3.05, 3.63) is 61.6 Å². The highest BCUT2D eigenvalue weighted by molar-refractivity contribution is 9.10. The van der Waals surface area contributed by atoms with Crippen LogP contribution in [0.4, 0.5) is 5.69 Å². The molecule has 1 N–H and O–H groups in total. The molecule has 0 radical (unpaired) electrons. The number of H-pyrrole nitrogens is 1. The summed E-state index contributed by atoms with van der Waals surface area (Å²) >= 11 is 9.35. The third kappa shape index (κ3) is 2.74. The van der Waals surface area contributed by atoms with Crippen molar-refractivity contribution in [3.63, 3.8) is 0 Å². The van der Waals surface area contributed by atoms with Crippen molar-refractivity contribution in [1.82, 2.24) is 15.0 Å². The molecule has 8 heteroatoms. The minimum atomic E-state index is -0.418. The summed E-state index contributed by atoms with van der Waals surface area (Å²) in [7, 11) is 0. The van der Waals surface area contributed by atoms with E-state index in [0.717, 1.165) is 15.4 Å². The lowest BCUT2D eigenvalue weighted by Crippen LogP contribution is -1.97. The monoisotopic (exact) mass is 366 g/mol. The molecule has 0 aliphatic rings. The van der Waals surface area contributed by atoms with E-state index in [1.165, 1.54) is 12.1 Å². The van der Waals surface area contributed by atoms with E-state index in [0.29, 0.717) is 17.8 Å². The van der Waals surface area contributed by atoms with E-state index < -0.39 is 4.92 Å². The van der Waals surface area contributed by atoms with Gasteiger partial charge in [-0.25, -0.2) is 4.98 Å². The Morgan fingerprint density at radius 3 is 2.95 bits per heavy atom. The number of benzene rings is 1. The van der Waals surface area contributed by atoms with Gasteiger partial charge in [0, 0.05) is 29.2 Å². The van der Waals surface area contributed by atoms with Crippen LogP contribution in [0.25, 0.3) is 11.0 Å². The Balaban J connectivity index is 2.07. The number of hydrogen-bond acceptors (Lipinski definition) is 4. The van der Waals surface area contributed by atoms with Crippen LogP contribution in [-0.2, 0) is 6.42 Å². The molecule has 0 saturated heterocycles. The first-order valence-electron chi connectivity index (χ1n) is 5.97. The molecule has 0 saturated carbocycles. The van der Waals surface area contributed by atoms with E-state index in [1.54, 1.807) is 12.3 Å². The minimum Gasteiger partial charge on any atom is -0.345 e. The molecule has 2 heterocycles. The van der Waals surface area contributed by atoms with Crippen LogP contribution in [0.3, 0.4) is 0 Å². The van der Waals surface area contributed by atoms with E-state index in [1.807, 2.05) is 6.07 Å². The van der Waals surface area contributed by atoms with Gasteiger partial charge in [0.05, 0.1) is 16.0 Å². The second kappa shape index (κ2) is 5.42. The van der Waals surface area contributed by atoms with E-state index in [4.69, 9.17) is 11.6 Å². The SMILES string of the molecule is O=[N+]([O-])c1cccc(Cc2nc(Cl)nc3[nH]cc(Br)c23)c1. The van der Waals surface area contributed by atoms with E-state index in [2.05, 4.69) is 30.9 Å². The second-order valence-electron chi connectivity index (χ2n) is 4.40. The zero-order valence-corrected chi connectivity index (χ0v) is 12.8. The molecule has 0 aliphatic carbocycles. The summed E-state index contributed by atoms with van der Waals surface area (Å²) in [6, 6.07) is 6.45. The molecule has 0 aliphatic heterocycles. The third-order valence-electron chi connectivity index (χ3n) is 3.02. The largest absolute Gasteiger partial charge is 0.345 e. The van der Waals surface area contributed by atoms with Crippen molar-refractivity contribution >= 4 is 44.3 Å². The number of nitro benzene ring substituents is 1. The van der Waals surface area contributed by atoms with Crippen LogP contribution < -0.4 is 0 Å². The van der Waals surface area contributed by atoms with Crippen molar-refractivity contribution < 1.29 is 4.92 Å². The Morgan fingerprint density at radius 1 is 1.38 bits per heavy atom. The smallest absolute Gasteiger partial charge is 0.269 e. The molecule has 106 valence electrons. The van der Waals surface area contributed by atoms with Gasteiger partial charge in [-0.15, -0.1) is 0 Å². The molecule has 0 spiro atoms. The third-order valence-corrected chi connectivity index (χ3v) is 3.82. The number of nitrogens with zero attached hydrogens (tertiary/aromatic N) is 3. The van der Waals surface area contributed by atoms with Gasteiger partial charge in [-0.05, 0) is 33.1 Å². The average Bonchev–Trinajstić information content (AvgIpc) is 2.80. The summed E-state index contributed by atoms with van der Waals surface area (Å²) in [6.45, 7) is 0. The molecule has 0 unspecified atom stereocenters. The number of fused-ring (bicyclic) bond motifs is 1. The van der Waals surface area contributed by atoms with E-state index >= 15 is 0 Å². The standard InChI is InChI=1S/C13H8BrClN4O2/c14-9-6-16-12-11(9)10(17-13(15)18-12)5-7-2-1-3-8(4-7)19(20)21/h1-4,6H,5H2,(H,16,17,18). The number of non-ortho nitro benzene ring substituents is 1. The molecule has 1 aromatic carbocycles. The maximum Gasteiger partial charge on any atom is 0.269 e. The first-order valence-corrected chi connectivity index (χ1v) is 7.14. The van der Waals surface area contributed by atoms with Crippen molar-refractivity contribution in [2.24, 2.45) is 0 Å². The fourth-order valence-electron chi connectivity index (χ4n) is 2.14. The fraction of sp³-hybridized carbons (Fsp3) is 0.0769. The number of aromatic nitrogens is 3. The van der Waals surface area contributed by atoms with Gasteiger partial charge in [-0.3, -0.25) is 10.1 Å². The highest BCUT2D eigenvalue weighted by Crippen LogP contribution is 2.28. The van der Waals surface area contributed by atoms with Crippen LogP contribution in [0.5, 0.6) is 0 Å². The van der Waals surface area contributed by atoms with Crippen LogP contribution in [0, 0.1) is 10.1 Å². The van der Waals surface area contributed by atoms with Crippen molar-refractivity contribution in [1.29, 1.82) is 0 Å². The summed E-state index contributed by atoms with van der Waals surface area (Å²) < 4.78 is 0.828.